The van der Waals surface area contributed by atoms with Crippen LogP contribution >= 0.6 is 23.7 Å². The molecule has 0 radical (unpaired) electrons. The lowest BCUT2D eigenvalue weighted by Gasteiger charge is -1.86. The lowest BCUT2D eigenvalue weighted by molar-refractivity contribution is 1.44. The summed E-state index contributed by atoms with van der Waals surface area (Å²) >= 11 is 1.71. The number of nitrogens with two attached hydrogens (primary N) is 1. The summed E-state index contributed by atoms with van der Waals surface area (Å²) in [7, 11) is 0. The molecule has 0 aliphatic carbocycles. The maximum atomic E-state index is 5.55. The Bertz CT molecular complexity index is 175. The second kappa shape index (κ2) is 3.08. The molecule has 1 nitrogen and oxygen atoms in total. The molecule has 0 bridgehead atoms. The van der Waals surface area contributed by atoms with Gasteiger partial charge in [0.1, 0.15) is 0 Å². The van der Waals surface area contributed by atoms with Crippen molar-refractivity contribution in [2.24, 2.45) is 0 Å². The number of aryl methyl sites for hydroxylation is 1. The van der Waals surface area contributed by atoms with Crippen LogP contribution in [0, 0.1) is 13.8 Å². The van der Waals surface area contributed by atoms with E-state index in [-0.39, 0.29) is 12.4 Å². The van der Waals surface area contributed by atoms with Crippen molar-refractivity contribution < 1.29 is 0 Å². The zero-order valence-corrected chi connectivity index (χ0v) is 7.10. The summed E-state index contributed by atoms with van der Waals surface area (Å²) in [4.78, 5) is 1.32. The molecule has 1 heterocycles. The van der Waals surface area contributed by atoms with E-state index in [4.69, 9.17) is 5.73 Å². The van der Waals surface area contributed by atoms with Gasteiger partial charge < -0.3 is 5.73 Å². The number of hydrogen-bond acceptors (Lipinski definition) is 2. The molecule has 0 saturated heterocycles. The molecule has 9 heavy (non-hydrogen) atoms. The molecule has 0 unspecified atom stereocenters. The first kappa shape index (κ1) is 8.79. The summed E-state index contributed by atoms with van der Waals surface area (Å²) in [6, 6.07) is 0. The van der Waals surface area contributed by atoms with Gasteiger partial charge in [-0.1, -0.05) is 0 Å². The molecule has 0 aromatic carbocycles. The third kappa shape index (κ3) is 1.60. The van der Waals surface area contributed by atoms with Crippen LogP contribution in [0.25, 0.3) is 0 Å². The summed E-state index contributed by atoms with van der Waals surface area (Å²) in [5, 5.41) is 1.98. The van der Waals surface area contributed by atoms with Gasteiger partial charge in [-0.2, -0.15) is 0 Å². The summed E-state index contributed by atoms with van der Waals surface area (Å²) in [5.41, 5.74) is 7.71. The average Bonchev–Trinajstić information content (AvgIpc) is 1.98. The van der Waals surface area contributed by atoms with E-state index in [1.54, 1.807) is 11.3 Å². The maximum Gasteiger partial charge on any atom is 0.0455 e. The second-order valence-electron chi connectivity index (χ2n) is 1.87. The standard InChI is InChI=1S/C6H9NS.ClH/c1-4-5(2)8-3-6(4)7;/h3H,7H2,1-2H3;1H. The van der Waals surface area contributed by atoms with Crippen molar-refractivity contribution in [1.29, 1.82) is 0 Å². The zero-order valence-electron chi connectivity index (χ0n) is 5.47. The molecule has 1 aromatic heterocycles. The van der Waals surface area contributed by atoms with E-state index in [1.807, 2.05) is 12.3 Å². The van der Waals surface area contributed by atoms with Gasteiger partial charge in [0, 0.05) is 15.9 Å². The minimum absolute atomic E-state index is 0. The topological polar surface area (TPSA) is 26.0 Å². The lowest BCUT2D eigenvalue weighted by Crippen LogP contribution is -1.82. The van der Waals surface area contributed by atoms with E-state index >= 15 is 0 Å². The number of nitrogen functional groups attached to an aromatic ring is 1. The molecule has 0 aliphatic heterocycles. The molecule has 0 atom stereocenters. The molecule has 0 spiro atoms. The van der Waals surface area contributed by atoms with Gasteiger partial charge >= 0.3 is 0 Å². The third-order valence-electron chi connectivity index (χ3n) is 1.32. The highest BCUT2D eigenvalue weighted by molar-refractivity contribution is 7.10. The van der Waals surface area contributed by atoms with E-state index in [1.165, 1.54) is 10.4 Å². The predicted octanol–water partition coefficient (Wildman–Crippen LogP) is 2.37. The number of halogens is 1. The van der Waals surface area contributed by atoms with Gasteiger partial charge in [-0.25, -0.2) is 0 Å². The second-order valence-corrected chi connectivity index (χ2v) is 2.96. The highest BCUT2D eigenvalue weighted by Gasteiger charge is 1.96. The first-order valence-corrected chi connectivity index (χ1v) is 3.40. The van der Waals surface area contributed by atoms with Gasteiger partial charge in [0.25, 0.3) is 0 Å². The van der Waals surface area contributed by atoms with Crippen molar-refractivity contribution in [1.82, 2.24) is 0 Å². The Morgan fingerprint density at radius 2 is 2.00 bits per heavy atom. The summed E-state index contributed by atoms with van der Waals surface area (Å²) in [6.07, 6.45) is 0. The molecule has 0 amide bonds. The van der Waals surface area contributed by atoms with Crippen LogP contribution in [0.1, 0.15) is 10.4 Å². The molecule has 3 heteroatoms. The lowest BCUT2D eigenvalue weighted by atomic mass is 10.3. The SMILES string of the molecule is Cc1scc(N)c1C.Cl. The van der Waals surface area contributed by atoms with Crippen molar-refractivity contribution in [3.8, 4) is 0 Å². The molecular formula is C6H10ClNS. The quantitative estimate of drug-likeness (QED) is 0.625. The van der Waals surface area contributed by atoms with Gasteiger partial charge in [-0.15, -0.1) is 23.7 Å². The van der Waals surface area contributed by atoms with Crippen molar-refractivity contribution in [2.75, 3.05) is 5.73 Å². The van der Waals surface area contributed by atoms with Gasteiger partial charge in [0.2, 0.25) is 0 Å². The Hall–Kier alpha value is -0.210. The summed E-state index contributed by atoms with van der Waals surface area (Å²) < 4.78 is 0. The zero-order chi connectivity index (χ0) is 6.15. The fourth-order valence-corrected chi connectivity index (χ4v) is 1.31. The monoisotopic (exact) mass is 163 g/mol. The van der Waals surface area contributed by atoms with E-state index < -0.39 is 0 Å². The van der Waals surface area contributed by atoms with Crippen molar-refractivity contribution in [3.05, 3.63) is 15.8 Å². The molecule has 1 aromatic rings. The van der Waals surface area contributed by atoms with E-state index in [0.29, 0.717) is 0 Å². The molecule has 52 valence electrons. The van der Waals surface area contributed by atoms with Crippen molar-refractivity contribution in [2.45, 2.75) is 13.8 Å². The summed E-state index contributed by atoms with van der Waals surface area (Å²) in [6.45, 7) is 4.12. The highest BCUT2D eigenvalue weighted by Crippen LogP contribution is 2.21. The van der Waals surface area contributed by atoms with Gasteiger partial charge in [-0.05, 0) is 19.4 Å². The minimum atomic E-state index is 0. The molecule has 2 N–H and O–H groups in total. The number of rotatable bonds is 0. The predicted molar refractivity (Wildman–Crippen MR) is 45.5 cm³/mol. The van der Waals surface area contributed by atoms with Crippen LogP contribution in [0.15, 0.2) is 5.38 Å². The van der Waals surface area contributed by atoms with Crippen LogP contribution in [0.4, 0.5) is 5.69 Å². The van der Waals surface area contributed by atoms with Crippen LogP contribution in [-0.4, -0.2) is 0 Å². The first-order chi connectivity index (χ1) is 3.72. The van der Waals surface area contributed by atoms with Crippen LogP contribution in [-0.2, 0) is 0 Å². The molecular weight excluding hydrogens is 154 g/mol. The average molecular weight is 164 g/mol. The van der Waals surface area contributed by atoms with E-state index in [0.717, 1.165) is 5.69 Å². The van der Waals surface area contributed by atoms with Crippen LogP contribution in [0.2, 0.25) is 0 Å². The Labute approximate surface area is 65.3 Å². The minimum Gasteiger partial charge on any atom is -0.398 e. The fourth-order valence-electron chi connectivity index (χ4n) is 0.532. The number of anilines is 1. The molecule has 1 rings (SSSR count). The van der Waals surface area contributed by atoms with Crippen molar-refractivity contribution >= 4 is 29.4 Å². The smallest absolute Gasteiger partial charge is 0.0455 e. The largest absolute Gasteiger partial charge is 0.398 e. The van der Waals surface area contributed by atoms with Crippen molar-refractivity contribution in [3.63, 3.8) is 0 Å². The van der Waals surface area contributed by atoms with Crippen LogP contribution in [0.5, 0.6) is 0 Å². The molecule has 0 saturated carbocycles. The Morgan fingerprint density at radius 1 is 1.44 bits per heavy atom. The fraction of sp³-hybridized carbons (Fsp3) is 0.333. The van der Waals surface area contributed by atoms with Gasteiger partial charge in [0.05, 0.1) is 0 Å². The van der Waals surface area contributed by atoms with Gasteiger partial charge in [-0.3, -0.25) is 0 Å². The first-order valence-electron chi connectivity index (χ1n) is 2.52. The van der Waals surface area contributed by atoms with E-state index in [9.17, 15) is 0 Å². The summed E-state index contributed by atoms with van der Waals surface area (Å²) in [5.74, 6) is 0. The normalized spacial score (nSPS) is 8.67. The molecule has 0 aliphatic rings. The third-order valence-corrected chi connectivity index (χ3v) is 2.36. The molecule has 0 fully saturated rings. The number of hydrogen-bond donors (Lipinski definition) is 1. The van der Waals surface area contributed by atoms with Crippen LogP contribution < -0.4 is 5.73 Å². The Kier molecular flexibility index (Phi) is 3.01. The maximum absolute atomic E-state index is 5.55. The number of thiophene rings is 1. The van der Waals surface area contributed by atoms with Gasteiger partial charge in [0.15, 0.2) is 0 Å². The van der Waals surface area contributed by atoms with E-state index in [2.05, 4.69) is 6.92 Å². The highest BCUT2D eigenvalue weighted by atomic mass is 35.5. The van der Waals surface area contributed by atoms with Crippen LogP contribution in [0.3, 0.4) is 0 Å². The Morgan fingerprint density at radius 3 is 2.11 bits per heavy atom. The Balaban J connectivity index is 0.000000640.